The van der Waals surface area contributed by atoms with E-state index in [1.807, 2.05) is 4.90 Å². The maximum Gasteiger partial charge on any atom is 0.228 e. The Morgan fingerprint density at radius 2 is 2.00 bits per heavy atom. The van der Waals surface area contributed by atoms with Gasteiger partial charge in [0.1, 0.15) is 0 Å². The molecule has 1 saturated heterocycles. The van der Waals surface area contributed by atoms with E-state index in [0.717, 1.165) is 32.4 Å². The summed E-state index contributed by atoms with van der Waals surface area (Å²) in [5, 5.41) is 0. The van der Waals surface area contributed by atoms with Crippen LogP contribution in [0.15, 0.2) is 0 Å². The Kier molecular flexibility index (Phi) is 2.53. The minimum absolute atomic E-state index is 0.0418. The quantitative estimate of drug-likeness (QED) is 0.748. The predicted molar refractivity (Wildman–Crippen MR) is 60.3 cm³/mol. The fourth-order valence-electron chi connectivity index (χ4n) is 2.67. The normalized spacial score (nSPS) is 33.9. The van der Waals surface area contributed by atoms with Crippen LogP contribution in [0, 0.1) is 10.8 Å². The van der Waals surface area contributed by atoms with Crippen LogP contribution in [0.3, 0.4) is 0 Å². The molecule has 0 aromatic rings. The fourth-order valence-corrected chi connectivity index (χ4v) is 2.67. The molecule has 0 aromatic carbocycles. The molecule has 1 aliphatic heterocycles. The Morgan fingerprint density at radius 1 is 1.33 bits per heavy atom. The van der Waals surface area contributed by atoms with Gasteiger partial charge < -0.3 is 10.6 Å². The summed E-state index contributed by atoms with van der Waals surface area (Å²) in [6.45, 7) is 6.74. The third-order valence-electron chi connectivity index (χ3n) is 4.31. The van der Waals surface area contributed by atoms with Crippen molar-refractivity contribution in [2.75, 3.05) is 19.6 Å². The van der Waals surface area contributed by atoms with Gasteiger partial charge >= 0.3 is 0 Å². The monoisotopic (exact) mass is 210 g/mol. The van der Waals surface area contributed by atoms with E-state index in [4.69, 9.17) is 5.73 Å². The zero-order chi connectivity index (χ0) is 11.1. The van der Waals surface area contributed by atoms with E-state index < -0.39 is 0 Å². The maximum atomic E-state index is 12.2. The van der Waals surface area contributed by atoms with Crippen molar-refractivity contribution >= 4 is 5.91 Å². The molecule has 0 spiro atoms. The van der Waals surface area contributed by atoms with Gasteiger partial charge in [0.15, 0.2) is 0 Å². The zero-order valence-electron chi connectivity index (χ0n) is 9.88. The average Bonchev–Trinajstić information content (AvgIpc) is 2.57. The maximum absolute atomic E-state index is 12.2. The molecule has 86 valence electrons. The SMILES string of the molecule is CC1(CN)CCN(C(=O)C2(C)CCC2)C1. The van der Waals surface area contributed by atoms with Gasteiger partial charge in [0.25, 0.3) is 0 Å². The Balaban J connectivity index is 1.99. The lowest BCUT2D eigenvalue weighted by molar-refractivity contribution is -0.145. The van der Waals surface area contributed by atoms with Crippen LogP contribution >= 0.6 is 0 Å². The molecule has 1 atom stereocenters. The molecule has 2 fully saturated rings. The first-order chi connectivity index (χ1) is 6.99. The summed E-state index contributed by atoms with van der Waals surface area (Å²) < 4.78 is 0. The summed E-state index contributed by atoms with van der Waals surface area (Å²) in [5.74, 6) is 0.367. The molecule has 0 radical (unpaired) electrons. The molecule has 3 nitrogen and oxygen atoms in total. The summed E-state index contributed by atoms with van der Waals surface area (Å²) in [6, 6.07) is 0. The van der Waals surface area contributed by atoms with E-state index in [1.165, 1.54) is 6.42 Å². The van der Waals surface area contributed by atoms with Crippen LogP contribution < -0.4 is 5.73 Å². The Labute approximate surface area is 92.0 Å². The van der Waals surface area contributed by atoms with Gasteiger partial charge in [-0.1, -0.05) is 20.3 Å². The van der Waals surface area contributed by atoms with Crippen LogP contribution in [-0.2, 0) is 4.79 Å². The highest BCUT2D eigenvalue weighted by Crippen LogP contribution is 2.43. The molecule has 1 heterocycles. The number of nitrogens with zero attached hydrogens (tertiary/aromatic N) is 1. The van der Waals surface area contributed by atoms with Gasteiger partial charge in [-0.3, -0.25) is 4.79 Å². The summed E-state index contributed by atoms with van der Waals surface area (Å²) in [6.07, 6.45) is 4.42. The minimum atomic E-state index is -0.0418. The number of carbonyl (C=O) groups excluding carboxylic acids is 1. The number of rotatable bonds is 2. The Hall–Kier alpha value is -0.570. The highest BCUT2D eigenvalue weighted by atomic mass is 16.2. The minimum Gasteiger partial charge on any atom is -0.342 e. The molecule has 2 rings (SSSR count). The van der Waals surface area contributed by atoms with E-state index in [0.29, 0.717) is 12.5 Å². The van der Waals surface area contributed by atoms with Gasteiger partial charge in [0, 0.05) is 18.5 Å². The van der Waals surface area contributed by atoms with Gasteiger partial charge in [-0.25, -0.2) is 0 Å². The molecule has 2 N–H and O–H groups in total. The van der Waals surface area contributed by atoms with Crippen LogP contribution in [-0.4, -0.2) is 30.4 Å². The molecule has 1 aliphatic carbocycles. The lowest BCUT2D eigenvalue weighted by Crippen LogP contribution is -2.46. The van der Waals surface area contributed by atoms with E-state index in [9.17, 15) is 4.79 Å². The summed E-state index contributed by atoms with van der Waals surface area (Å²) >= 11 is 0. The van der Waals surface area contributed by atoms with Crippen molar-refractivity contribution in [3.05, 3.63) is 0 Å². The molecular formula is C12H22N2O. The first-order valence-corrected chi connectivity index (χ1v) is 5.99. The van der Waals surface area contributed by atoms with Crippen molar-refractivity contribution in [2.24, 2.45) is 16.6 Å². The van der Waals surface area contributed by atoms with E-state index in [2.05, 4.69) is 13.8 Å². The van der Waals surface area contributed by atoms with Gasteiger partial charge in [-0.15, -0.1) is 0 Å². The fraction of sp³-hybridized carbons (Fsp3) is 0.917. The van der Waals surface area contributed by atoms with E-state index >= 15 is 0 Å². The molecule has 15 heavy (non-hydrogen) atoms. The number of hydrogen-bond acceptors (Lipinski definition) is 2. The second-order valence-electron chi connectivity index (χ2n) is 5.91. The highest BCUT2D eigenvalue weighted by Gasteiger charge is 2.45. The molecule has 1 saturated carbocycles. The lowest BCUT2D eigenvalue weighted by Gasteiger charge is -2.40. The Morgan fingerprint density at radius 3 is 2.40 bits per heavy atom. The third-order valence-corrected chi connectivity index (χ3v) is 4.31. The standard InChI is InChI=1S/C12H22N2O/c1-11(8-13)6-7-14(9-11)10(15)12(2)4-3-5-12/h3-9,13H2,1-2H3. The van der Waals surface area contributed by atoms with Crippen molar-refractivity contribution in [1.82, 2.24) is 4.90 Å². The predicted octanol–water partition coefficient (Wildman–Crippen LogP) is 1.37. The van der Waals surface area contributed by atoms with Crippen LogP contribution in [0.4, 0.5) is 0 Å². The molecule has 1 unspecified atom stereocenters. The number of carbonyl (C=O) groups is 1. The van der Waals surface area contributed by atoms with Crippen LogP contribution in [0.1, 0.15) is 39.5 Å². The summed E-state index contributed by atoms with van der Waals surface area (Å²) in [7, 11) is 0. The van der Waals surface area contributed by atoms with E-state index in [-0.39, 0.29) is 10.8 Å². The van der Waals surface area contributed by atoms with Crippen molar-refractivity contribution < 1.29 is 4.79 Å². The lowest BCUT2D eigenvalue weighted by atomic mass is 9.69. The van der Waals surface area contributed by atoms with Gasteiger partial charge in [0.2, 0.25) is 5.91 Å². The van der Waals surface area contributed by atoms with Crippen molar-refractivity contribution in [2.45, 2.75) is 39.5 Å². The zero-order valence-corrected chi connectivity index (χ0v) is 9.88. The first-order valence-electron chi connectivity index (χ1n) is 5.99. The van der Waals surface area contributed by atoms with Crippen molar-refractivity contribution in [3.63, 3.8) is 0 Å². The third kappa shape index (κ3) is 1.78. The molecule has 0 bridgehead atoms. The molecule has 2 aliphatic rings. The topological polar surface area (TPSA) is 46.3 Å². The van der Waals surface area contributed by atoms with Crippen LogP contribution in [0.25, 0.3) is 0 Å². The summed E-state index contributed by atoms with van der Waals surface area (Å²) in [4.78, 5) is 14.3. The molecule has 0 aromatic heterocycles. The van der Waals surface area contributed by atoms with Crippen LogP contribution in [0.5, 0.6) is 0 Å². The Bertz CT molecular complexity index is 273. The highest BCUT2D eigenvalue weighted by molar-refractivity contribution is 5.83. The first kappa shape index (κ1) is 10.9. The number of hydrogen-bond donors (Lipinski definition) is 1. The van der Waals surface area contributed by atoms with Crippen molar-refractivity contribution in [3.8, 4) is 0 Å². The molecule has 1 amide bonds. The molecular weight excluding hydrogens is 188 g/mol. The van der Waals surface area contributed by atoms with Gasteiger partial charge in [-0.2, -0.15) is 0 Å². The second-order valence-corrected chi connectivity index (χ2v) is 5.91. The van der Waals surface area contributed by atoms with Crippen LogP contribution in [0.2, 0.25) is 0 Å². The number of nitrogens with two attached hydrogens (primary N) is 1. The van der Waals surface area contributed by atoms with E-state index in [1.54, 1.807) is 0 Å². The van der Waals surface area contributed by atoms with Gasteiger partial charge in [0.05, 0.1) is 0 Å². The average molecular weight is 210 g/mol. The molecule has 3 heteroatoms. The van der Waals surface area contributed by atoms with Gasteiger partial charge in [-0.05, 0) is 31.2 Å². The number of amides is 1. The van der Waals surface area contributed by atoms with Crippen molar-refractivity contribution in [1.29, 1.82) is 0 Å². The second kappa shape index (κ2) is 3.48. The number of likely N-dealkylation sites (tertiary alicyclic amines) is 1. The smallest absolute Gasteiger partial charge is 0.228 e. The largest absolute Gasteiger partial charge is 0.342 e. The summed E-state index contributed by atoms with van der Waals surface area (Å²) in [5.41, 5.74) is 5.87.